The molecule has 0 aliphatic rings. The summed E-state index contributed by atoms with van der Waals surface area (Å²) >= 11 is 0. The van der Waals surface area contributed by atoms with Crippen molar-refractivity contribution in [3.63, 3.8) is 0 Å². The number of furan rings is 1. The summed E-state index contributed by atoms with van der Waals surface area (Å²) in [7, 11) is 0. The van der Waals surface area contributed by atoms with Gasteiger partial charge >= 0.3 is 5.69 Å². The van der Waals surface area contributed by atoms with Gasteiger partial charge in [-0.15, -0.1) is 0 Å². The molecule has 2 aromatic carbocycles. The number of para-hydroxylation sites is 2. The lowest BCUT2D eigenvalue weighted by Gasteiger charge is -2.04. The third-order valence-electron chi connectivity index (χ3n) is 4.39. The maximum atomic E-state index is 12.4. The average molecular weight is 418 g/mol. The predicted octanol–water partition coefficient (Wildman–Crippen LogP) is 4.26. The number of ether oxygens (including phenoxy) is 1. The van der Waals surface area contributed by atoms with E-state index in [4.69, 9.17) is 9.15 Å². The van der Waals surface area contributed by atoms with Crippen molar-refractivity contribution < 1.29 is 18.9 Å². The summed E-state index contributed by atoms with van der Waals surface area (Å²) < 4.78 is 12.7. The summed E-state index contributed by atoms with van der Waals surface area (Å²) in [6.45, 7) is 0.536. The van der Waals surface area contributed by atoms with Gasteiger partial charge in [-0.2, -0.15) is 5.10 Å². The zero-order chi connectivity index (χ0) is 21.6. The number of anilines is 1. The van der Waals surface area contributed by atoms with Crippen LogP contribution >= 0.6 is 0 Å². The Labute approximate surface area is 177 Å². The lowest BCUT2D eigenvalue weighted by molar-refractivity contribution is -0.386. The highest BCUT2D eigenvalue weighted by atomic mass is 16.6. The number of nitro benzene ring substituents is 1. The van der Waals surface area contributed by atoms with Gasteiger partial charge in [0.05, 0.1) is 11.5 Å². The highest BCUT2D eigenvalue weighted by Crippen LogP contribution is 2.27. The van der Waals surface area contributed by atoms with Gasteiger partial charge in [0.15, 0.2) is 17.3 Å². The lowest BCUT2D eigenvalue weighted by Crippen LogP contribution is -2.12. The Kier molecular flexibility index (Phi) is 5.75. The van der Waals surface area contributed by atoms with Crippen LogP contribution in [0, 0.1) is 10.1 Å². The zero-order valence-electron chi connectivity index (χ0n) is 16.3. The maximum absolute atomic E-state index is 12.4. The molecule has 0 atom stereocenters. The molecule has 31 heavy (non-hydrogen) atoms. The number of nitro groups is 1. The molecule has 156 valence electrons. The van der Waals surface area contributed by atoms with E-state index in [0.29, 0.717) is 18.1 Å². The van der Waals surface area contributed by atoms with Gasteiger partial charge in [0.2, 0.25) is 0 Å². The van der Waals surface area contributed by atoms with Crippen molar-refractivity contribution in [1.82, 2.24) is 9.78 Å². The van der Waals surface area contributed by atoms with Crippen molar-refractivity contribution >= 4 is 17.4 Å². The molecule has 0 aliphatic carbocycles. The standard InChI is InChI=1S/C22H18N4O5/c27-22(23-21-12-13-25(24-21)14-16-6-2-1-3-7-16)20-11-10-17(31-20)15-30-19-9-5-4-8-18(19)26(28)29/h1-13H,14-15H2,(H,23,24,27). The van der Waals surface area contributed by atoms with E-state index < -0.39 is 10.8 Å². The fourth-order valence-electron chi connectivity index (χ4n) is 2.92. The van der Waals surface area contributed by atoms with Gasteiger partial charge in [-0.1, -0.05) is 42.5 Å². The lowest BCUT2D eigenvalue weighted by atomic mass is 10.2. The van der Waals surface area contributed by atoms with E-state index in [0.717, 1.165) is 5.56 Å². The van der Waals surface area contributed by atoms with Crippen LogP contribution in [0.15, 0.2) is 83.4 Å². The minimum atomic E-state index is -0.521. The van der Waals surface area contributed by atoms with Crippen molar-refractivity contribution in [1.29, 1.82) is 0 Å². The molecular weight excluding hydrogens is 400 g/mol. The topological polar surface area (TPSA) is 112 Å². The number of nitrogens with zero attached hydrogens (tertiary/aromatic N) is 3. The van der Waals surface area contributed by atoms with Gasteiger partial charge < -0.3 is 14.5 Å². The van der Waals surface area contributed by atoms with E-state index in [-0.39, 0.29) is 23.8 Å². The van der Waals surface area contributed by atoms with Crippen LogP contribution in [0.4, 0.5) is 11.5 Å². The molecule has 0 fully saturated rings. The molecule has 0 bridgehead atoms. The second-order valence-electron chi connectivity index (χ2n) is 6.62. The first-order valence-corrected chi connectivity index (χ1v) is 9.42. The minimum absolute atomic E-state index is 0.0518. The van der Waals surface area contributed by atoms with Crippen LogP contribution in [0.5, 0.6) is 5.75 Å². The average Bonchev–Trinajstić information content (AvgIpc) is 3.43. The summed E-state index contributed by atoms with van der Waals surface area (Å²) in [5.41, 5.74) is 0.955. The monoisotopic (exact) mass is 418 g/mol. The Hall–Kier alpha value is -4.40. The van der Waals surface area contributed by atoms with Crippen molar-refractivity contribution in [2.24, 2.45) is 0 Å². The molecule has 9 heteroatoms. The molecule has 0 spiro atoms. The summed E-state index contributed by atoms with van der Waals surface area (Å²) in [5.74, 6) is 0.507. The van der Waals surface area contributed by atoms with E-state index in [2.05, 4.69) is 10.4 Å². The third kappa shape index (κ3) is 4.96. The van der Waals surface area contributed by atoms with E-state index in [1.54, 1.807) is 35.1 Å². The molecule has 0 unspecified atom stereocenters. The van der Waals surface area contributed by atoms with E-state index in [1.165, 1.54) is 18.2 Å². The summed E-state index contributed by atoms with van der Waals surface area (Å²) in [6.07, 6.45) is 1.77. The molecule has 2 aromatic heterocycles. The number of benzene rings is 2. The zero-order valence-corrected chi connectivity index (χ0v) is 16.3. The van der Waals surface area contributed by atoms with Crippen LogP contribution in [0.3, 0.4) is 0 Å². The van der Waals surface area contributed by atoms with Crippen LogP contribution in [0.25, 0.3) is 0 Å². The molecule has 0 saturated carbocycles. The largest absolute Gasteiger partial charge is 0.479 e. The first-order chi connectivity index (χ1) is 15.1. The first-order valence-electron chi connectivity index (χ1n) is 9.42. The molecule has 1 amide bonds. The van der Waals surface area contributed by atoms with E-state index in [1.807, 2.05) is 30.3 Å². The molecule has 1 N–H and O–H groups in total. The Morgan fingerprint density at radius 2 is 1.84 bits per heavy atom. The van der Waals surface area contributed by atoms with Crippen LogP contribution < -0.4 is 10.1 Å². The molecule has 0 aliphatic heterocycles. The Morgan fingerprint density at radius 3 is 2.65 bits per heavy atom. The van der Waals surface area contributed by atoms with Crippen molar-refractivity contribution in [2.75, 3.05) is 5.32 Å². The SMILES string of the molecule is O=C(Nc1ccn(Cc2ccccc2)n1)c1ccc(COc2ccccc2[N+](=O)[O-])o1. The normalized spacial score (nSPS) is 10.6. The third-order valence-corrected chi connectivity index (χ3v) is 4.39. The fraction of sp³-hybridized carbons (Fsp3) is 0.0909. The fourth-order valence-corrected chi connectivity index (χ4v) is 2.92. The van der Waals surface area contributed by atoms with Crippen LogP contribution in [-0.4, -0.2) is 20.6 Å². The maximum Gasteiger partial charge on any atom is 0.310 e. The number of aromatic nitrogens is 2. The van der Waals surface area contributed by atoms with Gasteiger partial charge in [-0.3, -0.25) is 19.6 Å². The number of rotatable bonds is 8. The molecule has 4 rings (SSSR count). The molecule has 0 radical (unpaired) electrons. The van der Waals surface area contributed by atoms with Gasteiger partial charge in [0.1, 0.15) is 12.4 Å². The molecule has 4 aromatic rings. The number of hydrogen-bond donors (Lipinski definition) is 1. The Morgan fingerprint density at radius 1 is 1.06 bits per heavy atom. The number of amides is 1. The second kappa shape index (κ2) is 8.95. The molecule has 2 heterocycles. The quantitative estimate of drug-likeness (QED) is 0.338. The number of carbonyl (C=O) groups excluding carboxylic acids is 1. The highest BCUT2D eigenvalue weighted by Gasteiger charge is 2.16. The number of hydrogen-bond acceptors (Lipinski definition) is 6. The Bertz CT molecular complexity index is 1200. The number of nitrogens with one attached hydrogen (secondary N) is 1. The summed E-state index contributed by atoms with van der Waals surface area (Å²) in [5, 5.41) is 18.1. The van der Waals surface area contributed by atoms with Gasteiger partial charge in [-0.05, 0) is 23.8 Å². The van der Waals surface area contributed by atoms with Crippen molar-refractivity contribution in [2.45, 2.75) is 13.2 Å². The van der Waals surface area contributed by atoms with Crippen LogP contribution in [-0.2, 0) is 13.2 Å². The van der Waals surface area contributed by atoms with Gasteiger partial charge in [0, 0.05) is 18.3 Å². The minimum Gasteiger partial charge on any atom is -0.479 e. The molecule has 9 nitrogen and oxygen atoms in total. The van der Waals surface area contributed by atoms with E-state index in [9.17, 15) is 14.9 Å². The van der Waals surface area contributed by atoms with Crippen molar-refractivity contribution in [3.05, 3.63) is 106 Å². The van der Waals surface area contributed by atoms with E-state index >= 15 is 0 Å². The summed E-state index contributed by atoms with van der Waals surface area (Å²) in [4.78, 5) is 23.0. The molecular formula is C22H18N4O5. The smallest absolute Gasteiger partial charge is 0.310 e. The second-order valence-corrected chi connectivity index (χ2v) is 6.62. The molecule has 0 saturated heterocycles. The van der Waals surface area contributed by atoms with Crippen LogP contribution in [0.1, 0.15) is 21.9 Å². The van der Waals surface area contributed by atoms with Crippen molar-refractivity contribution in [3.8, 4) is 5.75 Å². The first kappa shape index (κ1) is 19.9. The van der Waals surface area contributed by atoms with Crippen LogP contribution in [0.2, 0.25) is 0 Å². The van der Waals surface area contributed by atoms with Gasteiger partial charge in [0.25, 0.3) is 5.91 Å². The van der Waals surface area contributed by atoms with Gasteiger partial charge in [-0.25, -0.2) is 0 Å². The Balaban J connectivity index is 1.35. The highest BCUT2D eigenvalue weighted by molar-refractivity contribution is 6.01. The predicted molar refractivity (Wildman–Crippen MR) is 112 cm³/mol. The summed E-state index contributed by atoms with van der Waals surface area (Å²) in [6, 6.07) is 20.7. The number of carbonyl (C=O) groups is 1.